The van der Waals surface area contributed by atoms with E-state index in [1.54, 1.807) is 0 Å². The van der Waals surface area contributed by atoms with Gasteiger partial charge < -0.3 is 10.6 Å². The summed E-state index contributed by atoms with van der Waals surface area (Å²) in [6.07, 6.45) is -3.73. The van der Waals surface area contributed by atoms with Crippen LogP contribution in [-0.2, 0) is 26.4 Å². The monoisotopic (exact) mass is 584 g/mol. The highest BCUT2D eigenvalue weighted by molar-refractivity contribution is 7.90. The van der Waals surface area contributed by atoms with Crippen molar-refractivity contribution in [2.75, 3.05) is 23.4 Å². The molecule has 0 aliphatic rings. The predicted octanol–water partition coefficient (Wildman–Crippen LogP) is 3.47. The Morgan fingerprint density at radius 1 is 0.897 bits per heavy atom. The third-order valence-corrected chi connectivity index (χ3v) is 7.37. The average Bonchev–Trinajstić information content (AvgIpc) is 2.84. The number of anilines is 2. The Hall–Kier alpha value is -3.89. The Labute approximate surface area is 220 Å². The van der Waals surface area contributed by atoms with Gasteiger partial charge in [-0.2, -0.15) is 18.2 Å². The molecule has 39 heavy (non-hydrogen) atoms. The zero-order valence-electron chi connectivity index (χ0n) is 20.0. The summed E-state index contributed by atoms with van der Waals surface area (Å²) in [6.45, 7) is -1.32. The zero-order chi connectivity index (χ0) is 28.6. The molecule has 0 aliphatic carbocycles. The van der Waals surface area contributed by atoms with E-state index in [1.165, 1.54) is 42.5 Å². The van der Waals surface area contributed by atoms with Crippen LogP contribution in [0.15, 0.2) is 64.4 Å². The van der Waals surface area contributed by atoms with E-state index in [0.717, 1.165) is 18.4 Å². The number of nitrogens with one attached hydrogen (secondary N) is 2. The standard InChI is InChI=1S/C23H20F4N6O4S2/c1-38(34,35)19-10-14(4-7-16(19)24)17-8-9-18-20(31-17)21(30-12-23(25,26)27)33-22(32-18)29-11-13-2-5-15(6-3-13)39(28,36)37/h2-10H,11-12H2,1H3,(H2,28,36,37)(H2,29,30,32,33). The van der Waals surface area contributed by atoms with Crippen molar-refractivity contribution in [3.63, 3.8) is 0 Å². The summed E-state index contributed by atoms with van der Waals surface area (Å²) in [5, 5.41) is 10.1. The molecule has 0 saturated heterocycles. The second-order valence-corrected chi connectivity index (χ2v) is 11.9. The van der Waals surface area contributed by atoms with Gasteiger partial charge in [-0.25, -0.2) is 36.3 Å². The highest BCUT2D eigenvalue weighted by atomic mass is 32.2. The van der Waals surface area contributed by atoms with Crippen LogP contribution in [0.4, 0.5) is 29.3 Å². The van der Waals surface area contributed by atoms with Crippen molar-refractivity contribution in [2.24, 2.45) is 5.14 Å². The zero-order valence-corrected chi connectivity index (χ0v) is 21.6. The molecule has 0 amide bonds. The van der Waals surface area contributed by atoms with Crippen molar-refractivity contribution < 1.29 is 34.4 Å². The largest absolute Gasteiger partial charge is 0.405 e. The van der Waals surface area contributed by atoms with Crippen LogP contribution in [0.25, 0.3) is 22.3 Å². The molecule has 0 radical (unpaired) electrons. The summed E-state index contributed by atoms with van der Waals surface area (Å²) < 4.78 is 99.6. The molecule has 4 aromatic rings. The summed E-state index contributed by atoms with van der Waals surface area (Å²) >= 11 is 0. The summed E-state index contributed by atoms with van der Waals surface area (Å²) in [6, 6.07) is 11.8. The highest BCUT2D eigenvalue weighted by Crippen LogP contribution is 2.28. The van der Waals surface area contributed by atoms with Gasteiger partial charge in [0, 0.05) is 18.4 Å². The Bertz CT molecular complexity index is 1760. The average molecular weight is 585 g/mol. The second-order valence-electron chi connectivity index (χ2n) is 8.39. The van der Waals surface area contributed by atoms with Gasteiger partial charge in [-0.05, 0) is 48.0 Å². The Morgan fingerprint density at radius 3 is 2.21 bits per heavy atom. The van der Waals surface area contributed by atoms with Crippen LogP contribution in [-0.4, -0.2) is 50.8 Å². The molecule has 2 heterocycles. The molecule has 16 heteroatoms. The summed E-state index contributed by atoms with van der Waals surface area (Å²) in [7, 11) is -7.76. The Kier molecular flexibility index (Phi) is 7.46. The number of halogens is 4. The van der Waals surface area contributed by atoms with Crippen molar-refractivity contribution in [2.45, 2.75) is 22.5 Å². The number of sulfone groups is 1. The van der Waals surface area contributed by atoms with Crippen LogP contribution in [0.2, 0.25) is 0 Å². The molecule has 0 bridgehead atoms. The highest BCUT2D eigenvalue weighted by Gasteiger charge is 2.27. The van der Waals surface area contributed by atoms with E-state index in [-0.39, 0.29) is 45.5 Å². The summed E-state index contributed by atoms with van der Waals surface area (Å²) in [5.41, 5.74) is 1.11. The number of hydrogen-bond donors (Lipinski definition) is 3. The third kappa shape index (κ3) is 6.96. The van der Waals surface area contributed by atoms with Gasteiger partial charge in [0.05, 0.1) is 16.1 Å². The van der Waals surface area contributed by atoms with Crippen molar-refractivity contribution in [1.82, 2.24) is 15.0 Å². The van der Waals surface area contributed by atoms with Crippen LogP contribution in [0, 0.1) is 5.82 Å². The minimum absolute atomic E-state index is 0.0370. The topological polar surface area (TPSA) is 157 Å². The maximum atomic E-state index is 14.0. The van der Waals surface area contributed by atoms with Crippen LogP contribution in [0.5, 0.6) is 0 Å². The summed E-state index contributed by atoms with van der Waals surface area (Å²) in [4.78, 5) is 12.1. The number of pyridine rings is 1. The molecule has 0 fully saturated rings. The number of alkyl halides is 3. The van der Waals surface area contributed by atoms with Crippen molar-refractivity contribution in [3.05, 3.63) is 66.0 Å². The van der Waals surface area contributed by atoms with E-state index in [4.69, 9.17) is 5.14 Å². The molecular formula is C23H20F4N6O4S2. The normalized spacial score (nSPS) is 12.5. The van der Waals surface area contributed by atoms with E-state index >= 15 is 0 Å². The fourth-order valence-electron chi connectivity index (χ4n) is 3.49. The molecule has 0 saturated carbocycles. The van der Waals surface area contributed by atoms with Gasteiger partial charge in [-0.1, -0.05) is 12.1 Å². The molecular weight excluding hydrogens is 564 g/mol. The lowest BCUT2D eigenvalue weighted by Gasteiger charge is -2.14. The lowest BCUT2D eigenvalue weighted by atomic mass is 10.1. The van der Waals surface area contributed by atoms with Gasteiger partial charge in [0.2, 0.25) is 16.0 Å². The second kappa shape index (κ2) is 10.3. The number of nitrogens with zero attached hydrogens (tertiary/aromatic N) is 3. The maximum Gasteiger partial charge on any atom is 0.405 e. The van der Waals surface area contributed by atoms with Crippen molar-refractivity contribution in [3.8, 4) is 11.3 Å². The first-order valence-corrected chi connectivity index (χ1v) is 14.4. The number of rotatable bonds is 8. The van der Waals surface area contributed by atoms with Crippen LogP contribution in [0.1, 0.15) is 5.56 Å². The van der Waals surface area contributed by atoms with E-state index in [1.807, 2.05) is 0 Å². The van der Waals surface area contributed by atoms with Gasteiger partial charge in [-0.15, -0.1) is 0 Å². The number of fused-ring (bicyclic) bond motifs is 1. The first-order chi connectivity index (χ1) is 18.1. The fraction of sp³-hybridized carbons (Fsp3) is 0.174. The van der Waals surface area contributed by atoms with Crippen LogP contribution >= 0.6 is 0 Å². The van der Waals surface area contributed by atoms with Crippen molar-refractivity contribution in [1.29, 1.82) is 0 Å². The minimum Gasteiger partial charge on any atom is -0.359 e. The lowest BCUT2D eigenvalue weighted by Crippen LogP contribution is -2.22. The van der Waals surface area contributed by atoms with Gasteiger partial charge in [0.15, 0.2) is 15.7 Å². The first kappa shape index (κ1) is 28.1. The Morgan fingerprint density at radius 2 is 1.59 bits per heavy atom. The molecule has 2 aromatic heterocycles. The molecule has 0 atom stereocenters. The van der Waals surface area contributed by atoms with Crippen LogP contribution < -0.4 is 15.8 Å². The smallest absolute Gasteiger partial charge is 0.359 e. The number of sulfonamides is 1. The van der Waals surface area contributed by atoms with E-state index in [2.05, 4.69) is 25.6 Å². The predicted molar refractivity (Wildman–Crippen MR) is 136 cm³/mol. The van der Waals surface area contributed by atoms with E-state index < -0.39 is 43.3 Å². The molecule has 4 rings (SSSR count). The number of benzene rings is 2. The first-order valence-electron chi connectivity index (χ1n) is 11.0. The van der Waals surface area contributed by atoms with Gasteiger partial charge in [-0.3, -0.25) is 0 Å². The Balaban J connectivity index is 1.70. The molecule has 206 valence electrons. The number of aromatic nitrogens is 3. The number of primary sulfonamides is 1. The summed E-state index contributed by atoms with van der Waals surface area (Å²) in [5.74, 6) is -1.25. The molecule has 0 spiro atoms. The quantitative estimate of drug-likeness (QED) is 0.264. The third-order valence-electron chi connectivity index (χ3n) is 5.33. The molecule has 4 N–H and O–H groups in total. The van der Waals surface area contributed by atoms with Gasteiger partial charge >= 0.3 is 6.18 Å². The van der Waals surface area contributed by atoms with Crippen LogP contribution in [0.3, 0.4) is 0 Å². The van der Waals surface area contributed by atoms with Crippen molar-refractivity contribution >= 4 is 42.7 Å². The van der Waals surface area contributed by atoms with E-state index in [9.17, 15) is 34.4 Å². The lowest BCUT2D eigenvalue weighted by molar-refractivity contribution is -0.115. The number of hydrogen-bond acceptors (Lipinski definition) is 9. The SMILES string of the molecule is CS(=O)(=O)c1cc(-c2ccc3nc(NCc4ccc(S(N)(=O)=O)cc4)nc(NCC(F)(F)F)c3n2)ccc1F. The molecule has 10 nitrogen and oxygen atoms in total. The molecule has 0 aliphatic heterocycles. The maximum absolute atomic E-state index is 14.0. The van der Waals surface area contributed by atoms with Gasteiger partial charge in [0.25, 0.3) is 0 Å². The van der Waals surface area contributed by atoms with E-state index in [0.29, 0.717) is 5.56 Å². The molecule has 0 unspecified atom stereocenters. The number of nitrogens with two attached hydrogens (primary N) is 1. The molecule has 2 aromatic carbocycles. The fourth-order valence-corrected chi connectivity index (χ4v) is 4.76. The minimum atomic E-state index is -4.57. The van der Waals surface area contributed by atoms with Gasteiger partial charge in [0.1, 0.15) is 22.8 Å².